The first kappa shape index (κ1) is 18.2. The molecule has 0 N–H and O–H groups in total. The quantitative estimate of drug-likeness (QED) is 0.800. The number of likely N-dealkylation sites (tertiary alicyclic amines) is 1. The van der Waals surface area contributed by atoms with E-state index in [0.29, 0.717) is 25.4 Å². The van der Waals surface area contributed by atoms with Crippen LogP contribution in [0.25, 0.3) is 10.9 Å². The second-order valence-electron chi connectivity index (χ2n) is 7.19. The number of carbonyl (C=O) groups excluding carboxylic acids is 1. The van der Waals surface area contributed by atoms with Crippen molar-refractivity contribution in [2.24, 2.45) is 0 Å². The molecule has 1 atom stereocenters. The molecule has 4 rings (SSSR count). The molecule has 27 heavy (non-hydrogen) atoms. The van der Waals surface area contributed by atoms with Gasteiger partial charge in [-0.2, -0.15) is 0 Å². The molecule has 3 heterocycles. The molecule has 0 radical (unpaired) electrons. The van der Waals surface area contributed by atoms with Gasteiger partial charge in [0.25, 0.3) is 12.3 Å². The lowest BCUT2D eigenvalue weighted by Gasteiger charge is -2.33. The molecule has 2 fully saturated rings. The summed E-state index contributed by atoms with van der Waals surface area (Å²) in [6, 6.07) is 7.35. The normalized spacial score (nSPS) is 21.3. The summed E-state index contributed by atoms with van der Waals surface area (Å²) in [5, 5.41) is 0.844. The largest absolute Gasteiger partial charge is 0.490 e. The molecule has 5 nitrogen and oxygen atoms in total. The molecule has 2 aliphatic heterocycles. The molecule has 2 aromatic rings. The summed E-state index contributed by atoms with van der Waals surface area (Å²) in [6.45, 7) is 1.67. The van der Waals surface area contributed by atoms with Gasteiger partial charge in [-0.05, 0) is 31.0 Å². The van der Waals surface area contributed by atoms with Gasteiger partial charge in [0.2, 0.25) is 0 Å². The van der Waals surface area contributed by atoms with E-state index in [1.54, 1.807) is 10.8 Å². The Hall–Kier alpha value is -2.15. The number of aromatic nitrogens is 1. The van der Waals surface area contributed by atoms with E-state index in [2.05, 4.69) is 0 Å². The smallest absolute Gasteiger partial charge is 0.256 e. The maximum Gasteiger partial charge on any atom is 0.256 e. The lowest BCUT2D eigenvalue weighted by atomic mass is 10.1. The number of hydrogen-bond donors (Lipinski definition) is 0. The number of rotatable bonds is 5. The minimum Gasteiger partial charge on any atom is -0.490 e. The third kappa shape index (κ3) is 3.93. The molecule has 1 unspecified atom stereocenters. The van der Waals surface area contributed by atoms with E-state index in [1.165, 1.54) is 0 Å². The van der Waals surface area contributed by atoms with Crippen molar-refractivity contribution >= 4 is 16.8 Å². The fourth-order valence-electron chi connectivity index (χ4n) is 3.96. The predicted molar refractivity (Wildman–Crippen MR) is 97.1 cm³/mol. The molecule has 1 aromatic heterocycles. The monoisotopic (exact) mass is 378 g/mol. The van der Waals surface area contributed by atoms with Gasteiger partial charge < -0.3 is 18.9 Å². The van der Waals surface area contributed by atoms with Crippen LogP contribution in [0.3, 0.4) is 0 Å². The average molecular weight is 378 g/mol. The number of alkyl halides is 2. The topological polar surface area (TPSA) is 43.7 Å². The number of hydrogen-bond acceptors (Lipinski definition) is 3. The highest BCUT2D eigenvalue weighted by Gasteiger charge is 2.31. The number of benzene rings is 1. The summed E-state index contributed by atoms with van der Waals surface area (Å²) in [5.74, 6) is 0.807. The van der Waals surface area contributed by atoms with Gasteiger partial charge in [0.15, 0.2) is 0 Å². The Bertz CT molecular complexity index is 794. The van der Waals surface area contributed by atoms with Crippen LogP contribution in [0.2, 0.25) is 0 Å². The summed E-state index contributed by atoms with van der Waals surface area (Å²) < 4.78 is 38.7. The maximum atomic E-state index is 12.7. The van der Waals surface area contributed by atoms with Crippen molar-refractivity contribution in [2.45, 2.75) is 50.9 Å². The van der Waals surface area contributed by atoms with E-state index in [9.17, 15) is 13.6 Å². The number of carbonyl (C=O) groups is 1. The van der Waals surface area contributed by atoms with Gasteiger partial charge in [0.05, 0.1) is 12.1 Å². The van der Waals surface area contributed by atoms with Crippen molar-refractivity contribution in [2.75, 3.05) is 19.7 Å². The first-order chi connectivity index (χ1) is 13.1. The Morgan fingerprint density at radius 3 is 2.74 bits per heavy atom. The zero-order chi connectivity index (χ0) is 18.8. The van der Waals surface area contributed by atoms with Crippen LogP contribution in [-0.4, -0.2) is 53.7 Å². The molecular weight excluding hydrogens is 354 g/mol. The standard InChI is InChI=1S/C20H24F2N2O3/c21-19(22)13-24-11-8-15-16(24)3-1-4-17(15)27-14-6-9-23(10-7-14)20(25)18-5-2-12-26-18/h1,3-4,8,11,14,18-19H,2,5-7,9-10,12-13H2. The minimum atomic E-state index is -2.39. The van der Waals surface area contributed by atoms with Crippen LogP contribution in [0.15, 0.2) is 30.5 Å². The number of fused-ring (bicyclic) bond motifs is 1. The Kier molecular flexibility index (Phi) is 5.29. The van der Waals surface area contributed by atoms with Crippen molar-refractivity contribution in [3.8, 4) is 5.75 Å². The molecule has 1 aromatic carbocycles. The molecular formula is C20H24F2N2O3. The van der Waals surface area contributed by atoms with Gasteiger partial charge in [-0.1, -0.05) is 6.07 Å². The third-order valence-electron chi connectivity index (χ3n) is 5.36. The van der Waals surface area contributed by atoms with Gasteiger partial charge >= 0.3 is 0 Å². The molecule has 1 amide bonds. The number of piperidine rings is 1. The van der Waals surface area contributed by atoms with Crippen LogP contribution in [0.4, 0.5) is 8.78 Å². The SMILES string of the molecule is O=C(C1CCCO1)N1CCC(Oc2cccc3c2ccn3CC(F)F)CC1. The molecule has 2 saturated heterocycles. The molecule has 0 bridgehead atoms. The van der Waals surface area contributed by atoms with Gasteiger partial charge in [-0.3, -0.25) is 4.79 Å². The summed E-state index contributed by atoms with van der Waals surface area (Å²) in [4.78, 5) is 14.3. The van der Waals surface area contributed by atoms with E-state index in [1.807, 2.05) is 29.2 Å². The Morgan fingerprint density at radius 2 is 2.04 bits per heavy atom. The summed E-state index contributed by atoms with van der Waals surface area (Å²) in [7, 11) is 0. The van der Waals surface area contributed by atoms with E-state index < -0.39 is 6.43 Å². The van der Waals surface area contributed by atoms with E-state index in [4.69, 9.17) is 9.47 Å². The van der Waals surface area contributed by atoms with Crippen LogP contribution < -0.4 is 4.74 Å². The van der Waals surface area contributed by atoms with Crippen LogP contribution >= 0.6 is 0 Å². The molecule has 2 aliphatic rings. The predicted octanol–water partition coefficient (Wildman–Crippen LogP) is 3.46. The van der Waals surface area contributed by atoms with Gasteiger partial charge in [-0.25, -0.2) is 8.78 Å². The van der Waals surface area contributed by atoms with E-state index in [-0.39, 0.29) is 24.7 Å². The van der Waals surface area contributed by atoms with Gasteiger partial charge in [0, 0.05) is 44.1 Å². The van der Waals surface area contributed by atoms with Crippen molar-refractivity contribution in [3.63, 3.8) is 0 Å². The Labute approximate surface area is 156 Å². The first-order valence-corrected chi connectivity index (χ1v) is 9.55. The highest BCUT2D eigenvalue weighted by molar-refractivity contribution is 5.86. The Morgan fingerprint density at radius 1 is 1.22 bits per heavy atom. The summed E-state index contributed by atoms with van der Waals surface area (Å²) in [6.07, 6.45) is 2.30. The second-order valence-corrected chi connectivity index (χ2v) is 7.19. The van der Waals surface area contributed by atoms with Gasteiger partial charge in [0.1, 0.15) is 18.0 Å². The second kappa shape index (κ2) is 7.84. The van der Waals surface area contributed by atoms with E-state index >= 15 is 0 Å². The molecule has 7 heteroatoms. The van der Waals surface area contributed by atoms with Crippen molar-refractivity contribution in [3.05, 3.63) is 30.5 Å². The highest BCUT2D eigenvalue weighted by atomic mass is 19.3. The van der Waals surface area contributed by atoms with Crippen molar-refractivity contribution in [1.82, 2.24) is 9.47 Å². The number of nitrogens with zero attached hydrogens (tertiary/aromatic N) is 2. The van der Waals surface area contributed by atoms with Crippen LogP contribution in [0.1, 0.15) is 25.7 Å². The fraction of sp³-hybridized carbons (Fsp3) is 0.550. The molecule has 146 valence electrons. The van der Waals surface area contributed by atoms with Crippen molar-refractivity contribution < 1.29 is 23.0 Å². The number of ether oxygens (including phenoxy) is 2. The maximum absolute atomic E-state index is 12.7. The summed E-state index contributed by atoms with van der Waals surface area (Å²) in [5.41, 5.74) is 0.749. The number of amides is 1. The van der Waals surface area contributed by atoms with Gasteiger partial charge in [-0.15, -0.1) is 0 Å². The van der Waals surface area contributed by atoms with Crippen LogP contribution in [0.5, 0.6) is 5.75 Å². The van der Waals surface area contributed by atoms with Crippen molar-refractivity contribution in [1.29, 1.82) is 0 Å². The fourth-order valence-corrected chi connectivity index (χ4v) is 3.96. The zero-order valence-corrected chi connectivity index (χ0v) is 15.2. The average Bonchev–Trinajstić information content (AvgIpc) is 3.33. The minimum absolute atomic E-state index is 0.0163. The summed E-state index contributed by atoms with van der Waals surface area (Å²) >= 11 is 0. The molecule has 0 aliphatic carbocycles. The lowest BCUT2D eigenvalue weighted by Crippen LogP contribution is -2.45. The van der Waals surface area contributed by atoms with Crippen LogP contribution in [0, 0.1) is 0 Å². The number of halogens is 2. The zero-order valence-electron chi connectivity index (χ0n) is 15.2. The molecule has 0 spiro atoms. The van der Waals surface area contributed by atoms with Crippen LogP contribution in [-0.2, 0) is 16.1 Å². The molecule has 0 saturated carbocycles. The first-order valence-electron chi connectivity index (χ1n) is 9.55. The lowest BCUT2D eigenvalue weighted by molar-refractivity contribution is -0.142. The Balaban J connectivity index is 1.39. The van der Waals surface area contributed by atoms with E-state index in [0.717, 1.165) is 36.6 Å². The highest BCUT2D eigenvalue weighted by Crippen LogP contribution is 2.30. The third-order valence-corrected chi connectivity index (χ3v) is 5.36.